The van der Waals surface area contributed by atoms with Crippen LogP contribution < -0.4 is 18.9 Å². The number of hydrogen-bond donors (Lipinski definition) is 2. The van der Waals surface area contributed by atoms with Crippen molar-refractivity contribution in [3.05, 3.63) is 190 Å². The van der Waals surface area contributed by atoms with Crippen LogP contribution in [0.25, 0.3) is 0 Å². The molecule has 2 N–H and O–H groups in total. The molecule has 2 fully saturated rings. The van der Waals surface area contributed by atoms with Crippen molar-refractivity contribution in [3.63, 3.8) is 0 Å². The Kier molecular flexibility index (Phi) is 27.6. The Labute approximate surface area is 519 Å². The van der Waals surface area contributed by atoms with Gasteiger partial charge < -0.3 is 57.6 Å². The van der Waals surface area contributed by atoms with E-state index in [0.29, 0.717) is 13.1 Å². The van der Waals surface area contributed by atoms with Crippen molar-refractivity contribution >= 4 is 60.3 Å². The van der Waals surface area contributed by atoms with Gasteiger partial charge in [-0.15, -0.1) is 0 Å². The van der Waals surface area contributed by atoms with Gasteiger partial charge in [0.05, 0.1) is 63.8 Å². The first-order valence-corrected chi connectivity index (χ1v) is 27.7. The highest BCUT2D eigenvalue weighted by atomic mass is 16.7. The summed E-state index contributed by atoms with van der Waals surface area (Å²) >= 11 is 0. The van der Waals surface area contributed by atoms with Crippen LogP contribution >= 0.6 is 0 Å². The van der Waals surface area contributed by atoms with Crippen LogP contribution in [-0.2, 0) is 57.2 Å². The van der Waals surface area contributed by atoms with Crippen LogP contribution in [0.4, 0.5) is 0 Å². The van der Waals surface area contributed by atoms with Crippen molar-refractivity contribution in [2.24, 2.45) is 0 Å². The van der Waals surface area contributed by atoms with E-state index in [2.05, 4.69) is 19.3 Å². The summed E-state index contributed by atoms with van der Waals surface area (Å²) in [4.78, 5) is 121. The number of aryl methyl sites for hydroxylation is 2. The summed E-state index contributed by atoms with van der Waals surface area (Å²) < 4.78 is 49.9. The maximum Gasteiger partial charge on any atom is 0.353 e. The third-order valence-electron chi connectivity index (χ3n) is 13.8. The highest BCUT2D eigenvalue weighted by molar-refractivity contribution is 5.94. The summed E-state index contributed by atoms with van der Waals surface area (Å²) in [6.45, 7) is 6.71. The predicted molar refractivity (Wildman–Crippen MR) is 320 cm³/mol. The zero-order valence-corrected chi connectivity index (χ0v) is 50.7. The molecule has 2 aliphatic heterocycles. The van der Waals surface area contributed by atoms with Crippen molar-refractivity contribution < 1.29 is 106 Å². The molecule has 0 aliphatic carbocycles. The van der Waals surface area contributed by atoms with E-state index in [1.807, 2.05) is 52.2 Å². The van der Waals surface area contributed by atoms with Gasteiger partial charge in [-0.1, -0.05) is 72.8 Å². The lowest BCUT2D eigenvalue weighted by Crippen LogP contribution is -2.42. The number of piperidine rings is 2. The van der Waals surface area contributed by atoms with E-state index in [1.54, 1.807) is 101 Å². The van der Waals surface area contributed by atoms with Gasteiger partial charge in [-0.2, -0.15) is 0 Å². The maximum atomic E-state index is 12.3. The van der Waals surface area contributed by atoms with Crippen LogP contribution in [0.5, 0.6) is 23.0 Å². The Morgan fingerprint density at radius 3 is 0.989 bits per heavy atom. The zero-order valence-electron chi connectivity index (χ0n) is 50.7. The standard InChI is InChI=1S/2C18H14O8.2C15H21NO3/c2*19-11-24-18(26-17(23)13-9-5-2-6-10-13)14(15(20)21)25-16(22)12-7-3-1-4-8-12;2*1-10-7-11(18-3)8-14(19-4)15(10)12-5-6-16(2)9-13(12)17/h2*1-11,14,18H,(H,20,21);2*7-8,12H,5-6,9H2,1-4H3/t2*14-,18+;12-;/m110./s1. The first-order valence-electron chi connectivity index (χ1n) is 27.7. The molecule has 2 heterocycles. The first kappa shape index (κ1) is 70.3. The van der Waals surface area contributed by atoms with Gasteiger partial charge in [0.2, 0.25) is 0 Å². The van der Waals surface area contributed by atoms with E-state index in [0.717, 1.165) is 71.2 Å². The number of rotatable bonds is 22. The fraction of sp³-hybridized carbons (Fsp3) is 0.303. The number of hydrogen-bond acceptors (Lipinski definition) is 22. The number of nitrogens with zero attached hydrogens (tertiary/aromatic N) is 2. The number of benzene rings is 6. The van der Waals surface area contributed by atoms with E-state index >= 15 is 0 Å². The van der Waals surface area contributed by atoms with E-state index < -0.39 is 60.6 Å². The van der Waals surface area contributed by atoms with Crippen molar-refractivity contribution in [3.8, 4) is 23.0 Å². The van der Waals surface area contributed by atoms with Crippen LogP contribution in [0, 0.1) is 13.8 Å². The molecule has 6 aromatic rings. The summed E-state index contributed by atoms with van der Waals surface area (Å²) in [5.41, 5.74) is 4.51. The monoisotopic (exact) mass is 1240 g/mol. The van der Waals surface area contributed by atoms with E-state index in [1.165, 1.54) is 48.5 Å². The number of aliphatic carboxylic acids is 2. The predicted octanol–water partition coefficient (Wildman–Crippen LogP) is 7.31. The molecule has 0 radical (unpaired) electrons. The number of carboxylic acids is 2. The SMILES string of the molecule is COc1cc(C)c(C2CCN(C)CC2=O)c(OC)c1.COc1cc(C)c([C@H]2CCN(C)CC2=O)c(OC)c1.O=CO[C@@H](OC(=O)c1ccccc1)[C@H](OC(=O)c1ccccc1)C(=O)O.O=CO[C@@H](OC(=O)c1ccccc1)[C@H](OC(=O)c1ccccc1)C(=O)O. The van der Waals surface area contributed by atoms with Gasteiger partial charge in [0, 0.05) is 35.1 Å². The number of methoxy groups -OCH3 is 4. The minimum absolute atomic E-state index is 0.0583. The minimum atomic E-state index is -2.04. The molecule has 2 saturated heterocycles. The number of carbonyl (C=O) groups excluding carboxylic acids is 8. The molecule has 6 atom stereocenters. The quantitative estimate of drug-likeness (QED) is 0.0291. The smallest absolute Gasteiger partial charge is 0.353 e. The Morgan fingerprint density at radius 1 is 0.456 bits per heavy atom. The Morgan fingerprint density at radius 2 is 0.744 bits per heavy atom. The minimum Gasteiger partial charge on any atom is -0.497 e. The highest BCUT2D eigenvalue weighted by Crippen LogP contribution is 2.39. The summed E-state index contributed by atoms with van der Waals surface area (Å²) in [7, 11) is 10.5. The summed E-state index contributed by atoms with van der Waals surface area (Å²) in [6, 6.07) is 38.1. The lowest BCUT2D eigenvalue weighted by atomic mass is 9.85. The van der Waals surface area contributed by atoms with Crippen molar-refractivity contribution in [1.82, 2.24) is 9.80 Å². The number of carbonyl (C=O) groups is 10. The molecule has 6 aromatic carbocycles. The number of carboxylic acid groups (broad SMARTS) is 2. The molecule has 0 spiro atoms. The first-order chi connectivity index (χ1) is 43.2. The third kappa shape index (κ3) is 20.3. The van der Waals surface area contributed by atoms with Crippen molar-refractivity contribution in [1.29, 1.82) is 0 Å². The highest BCUT2D eigenvalue weighted by Gasteiger charge is 2.39. The van der Waals surface area contributed by atoms with Gasteiger partial charge in [0.25, 0.3) is 37.7 Å². The van der Waals surface area contributed by atoms with Gasteiger partial charge in [0.15, 0.2) is 11.6 Å². The number of esters is 4. The van der Waals surface area contributed by atoms with E-state index in [-0.39, 0.29) is 58.6 Å². The molecule has 0 bridgehead atoms. The fourth-order valence-electron chi connectivity index (χ4n) is 9.36. The van der Waals surface area contributed by atoms with Crippen LogP contribution in [0.1, 0.15) is 88.4 Å². The molecule has 1 unspecified atom stereocenters. The van der Waals surface area contributed by atoms with Gasteiger partial charge in [-0.05, 0) is 126 Å². The van der Waals surface area contributed by atoms with Crippen molar-refractivity contribution in [2.75, 3.05) is 68.7 Å². The largest absolute Gasteiger partial charge is 0.497 e. The van der Waals surface area contributed by atoms with Gasteiger partial charge in [-0.25, -0.2) is 28.8 Å². The van der Waals surface area contributed by atoms with Gasteiger partial charge in [-0.3, -0.25) is 29.0 Å². The zero-order chi connectivity index (χ0) is 65.9. The van der Waals surface area contributed by atoms with Crippen LogP contribution in [-0.4, -0.2) is 174 Å². The molecular weight excluding hydrogens is 1170 g/mol. The molecule has 24 nitrogen and oxygen atoms in total. The molecule has 0 aromatic heterocycles. The molecule has 476 valence electrons. The Hall–Kier alpha value is -10.5. The number of likely N-dealkylation sites (tertiary alicyclic amines) is 2. The van der Waals surface area contributed by atoms with Gasteiger partial charge >= 0.3 is 35.8 Å². The number of ketones is 2. The lowest BCUT2D eigenvalue weighted by molar-refractivity contribution is -0.188. The second-order valence-electron chi connectivity index (χ2n) is 20.0. The topological polar surface area (TPSA) is 310 Å². The summed E-state index contributed by atoms with van der Waals surface area (Å²) in [5.74, 6) is -3.71. The molecule has 2 aliphatic rings. The van der Waals surface area contributed by atoms with Crippen molar-refractivity contribution in [2.45, 2.75) is 63.3 Å². The fourth-order valence-corrected chi connectivity index (χ4v) is 9.36. The molecule has 8 rings (SSSR count). The average molecular weight is 1240 g/mol. The van der Waals surface area contributed by atoms with Gasteiger partial charge in [0.1, 0.15) is 23.0 Å². The molecule has 90 heavy (non-hydrogen) atoms. The average Bonchev–Trinajstić information content (AvgIpc) is 1.52. The molecule has 24 heteroatoms. The normalized spacial score (nSPS) is 15.7. The third-order valence-corrected chi connectivity index (χ3v) is 13.8. The number of likely N-dealkylation sites (N-methyl/N-ethyl adjacent to an activating group) is 2. The molecule has 0 saturated carbocycles. The Balaban J connectivity index is 0.000000220. The second kappa shape index (κ2) is 35.4. The summed E-state index contributed by atoms with van der Waals surface area (Å²) in [6.07, 6.45) is -6.30. The van der Waals surface area contributed by atoms with E-state index in [9.17, 15) is 58.2 Å². The lowest BCUT2D eigenvalue weighted by Gasteiger charge is -2.29. The number of ether oxygens (including phenoxy) is 10. The van der Waals surface area contributed by atoms with Crippen LogP contribution in [0.3, 0.4) is 0 Å². The van der Waals surface area contributed by atoms with E-state index in [4.69, 9.17) is 37.9 Å². The van der Waals surface area contributed by atoms with Crippen LogP contribution in [0.15, 0.2) is 146 Å². The second-order valence-corrected chi connectivity index (χ2v) is 20.0. The summed E-state index contributed by atoms with van der Waals surface area (Å²) in [5, 5.41) is 18.6. The molecule has 0 amide bonds. The molecular formula is C66H70N2O22. The van der Waals surface area contributed by atoms with Crippen LogP contribution in [0.2, 0.25) is 0 Å². The maximum absolute atomic E-state index is 12.3. The number of Topliss-reactive ketones (excluding diaryl/α,β-unsaturated/α-hetero) is 2. The Bertz CT molecular complexity index is 3180.